The summed E-state index contributed by atoms with van der Waals surface area (Å²) in [7, 11) is 0. The first-order valence-corrected chi connectivity index (χ1v) is 5.94. The van der Waals surface area contributed by atoms with Gasteiger partial charge < -0.3 is 5.32 Å². The Balaban J connectivity index is 2.06. The van der Waals surface area contributed by atoms with Crippen LogP contribution in [0.25, 0.3) is 0 Å². The predicted octanol–water partition coefficient (Wildman–Crippen LogP) is 3.00. The molecule has 0 saturated heterocycles. The van der Waals surface area contributed by atoms with Crippen LogP contribution in [0.4, 0.5) is 18.9 Å². The summed E-state index contributed by atoms with van der Waals surface area (Å²) < 4.78 is 36.8. The molecule has 7 heteroatoms. The van der Waals surface area contributed by atoms with Gasteiger partial charge in [0.2, 0.25) is 0 Å². The minimum Gasteiger partial charge on any atom is -0.334 e. The Morgan fingerprint density at radius 1 is 1.41 bits per heavy atom. The molecule has 0 bridgehead atoms. The van der Waals surface area contributed by atoms with Crippen LogP contribution in [0.2, 0.25) is 0 Å². The molecule has 0 radical (unpaired) electrons. The number of thioether (sulfide) groups is 1. The largest absolute Gasteiger partial charge is 0.433 e. The number of nitrogens with one attached hydrogen (secondary N) is 1. The maximum atomic E-state index is 12.3. The summed E-state index contributed by atoms with van der Waals surface area (Å²) in [4.78, 5) is 7.63. The smallest absolute Gasteiger partial charge is 0.334 e. The monoisotopic (exact) mass is 261 g/mol. The fourth-order valence-electron chi connectivity index (χ4n) is 1.30. The van der Waals surface area contributed by atoms with Crippen molar-refractivity contribution in [3.63, 3.8) is 0 Å². The number of hydrogen-bond donors (Lipinski definition) is 1. The van der Waals surface area contributed by atoms with Gasteiger partial charge in [-0.15, -0.1) is 0 Å². The highest BCUT2D eigenvalue weighted by atomic mass is 32.2. The van der Waals surface area contributed by atoms with Crippen molar-refractivity contribution in [2.24, 2.45) is 4.99 Å². The van der Waals surface area contributed by atoms with Gasteiger partial charge in [-0.25, -0.2) is 4.98 Å². The highest BCUT2D eigenvalue weighted by Crippen LogP contribution is 2.28. The molecular weight excluding hydrogens is 251 g/mol. The third-order valence-electron chi connectivity index (χ3n) is 2.10. The third-order valence-corrected chi connectivity index (χ3v) is 3.23. The van der Waals surface area contributed by atoms with Crippen LogP contribution in [0.1, 0.15) is 12.6 Å². The first-order chi connectivity index (χ1) is 7.95. The number of anilines is 1. The van der Waals surface area contributed by atoms with Gasteiger partial charge >= 0.3 is 6.18 Å². The Morgan fingerprint density at radius 2 is 2.18 bits per heavy atom. The van der Waals surface area contributed by atoms with Gasteiger partial charge in [-0.1, -0.05) is 11.8 Å². The zero-order valence-electron chi connectivity index (χ0n) is 8.95. The van der Waals surface area contributed by atoms with Crippen molar-refractivity contribution < 1.29 is 13.2 Å². The zero-order valence-corrected chi connectivity index (χ0v) is 9.77. The van der Waals surface area contributed by atoms with Crippen LogP contribution in [-0.4, -0.2) is 21.9 Å². The van der Waals surface area contributed by atoms with Crippen molar-refractivity contribution in [2.45, 2.75) is 19.1 Å². The average Bonchev–Trinajstić information content (AvgIpc) is 2.63. The van der Waals surface area contributed by atoms with Gasteiger partial charge in [-0.3, -0.25) is 4.99 Å². The van der Waals surface area contributed by atoms with Crippen LogP contribution in [-0.2, 0) is 6.18 Å². The summed E-state index contributed by atoms with van der Waals surface area (Å²) in [5, 5.41) is 3.65. The average molecular weight is 261 g/mol. The molecule has 1 aromatic rings. The van der Waals surface area contributed by atoms with E-state index in [4.69, 9.17) is 0 Å². The van der Waals surface area contributed by atoms with Gasteiger partial charge in [-0.05, 0) is 19.1 Å². The lowest BCUT2D eigenvalue weighted by Gasteiger charge is -2.07. The summed E-state index contributed by atoms with van der Waals surface area (Å²) in [5.41, 5.74) is -0.379. The molecular formula is C10H10F3N3S. The molecule has 17 heavy (non-hydrogen) atoms. The van der Waals surface area contributed by atoms with E-state index in [9.17, 15) is 13.2 Å². The molecule has 2 heterocycles. The van der Waals surface area contributed by atoms with Crippen LogP contribution in [0.3, 0.4) is 0 Å². The number of aromatic nitrogens is 1. The van der Waals surface area contributed by atoms with Crippen molar-refractivity contribution in [3.05, 3.63) is 24.0 Å². The molecule has 0 spiro atoms. The molecule has 0 aromatic carbocycles. The molecule has 3 nitrogen and oxygen atoms in total. The molecule has 92 valence electrons. The Morgan fingerprint density at radius 3 is 2.65 bits per heavy atom. The molecule has 0 amide bonds. The van der Waals surface area contributed by atoms with Gasteiger partial charge in [0.25, 0.3) is 0 Å². The van der Waals surface area contributed by atoms with Gasteiger partial charge in [0.1, 0.15) is 5.69 Å². The number of aliphatic imine (C=N–C) groups is 1. The number of rotatable bonds is 1. The van der Waals surface area contributed by atoms with Crippen LogP contribution in [0.15, 0.2) is 23.3 Å². The fraction of sp³-hybridized carbons (Fsp3) is 0.400. The second-order valence-electron chi connectivity index (χ2n) is 3.65. The SMILES string of the molecule is CC1CSC(Nc2ccc(C(F)(F)F)nc2)=N1. The van der Waals surface area contributed by atoms with Crippen LogP contribution < -0.4 is 5.32 Å². The molecule has 1 aliphatic heterocycles. The van der Waals surface area contributed by atoms with Crippen LogP contribution >= 0.6 is 11.8 Å². The van der Waals surface area contributed by atoms with Crippen molar-refractivity contribution in [1.82, 2.24) is 4.98 Å². The summed E-state index contributed by atoms with van der Waals surface area (Å²) in [6.07, 6.45) is -3.23. The predicted molar refractivity (Wildman–Crippen MR) is 62.2 cm³/mol. The first kappa shape index (κ1) is 12.2. The molecule has 1 atom stereocenters. The lowest BCUT2D eigenvalue weighted by Crippen LogP contribution is -2.09. The molecule has 0 saturated carbocycles. The zero-order chi connectivity index (χ0) is 12.5. The Bertz CT molecular complexity index is 427. The van der Waals surface area contributed by atoms with Crippen LogP contribution in [0.5, 0.6) is 0 Å². The molecule has 1 unspecified atom stereocenters. The van der Waals surface area contributed by atoms with Crippen molar-refractivity contribution in [3.8, 4) is 0 Å². The summed E-state index contributed by atoms with van der Waals surface area (Å²) in [5.74, 6) is 0.885. The summed E-state index contributed by atoms with van der Waals surface area (Å²) in [6, 6.07) is 2.54. The molecule has 1 aromatic heterocycles. The van der Waals surface area contributed by atoms with E-state index in [0.29, 0.717) is 5.69 Å². The minimum atomic E-state index is -4.40. The number of pyridine rings is 1. The molecule has 2 rings (SSSR count). The van der Waals surface area contributed by atoms with Gasteiger partial charge in [-0.2, -0.15) is 13.2 Å². The maximum absolute atomic E-state index is 12.3. The van der Waals surface area contributed by atoms with Gasteiger partial charge in [0.05, 0.1) is 17.9 Å². The second-order valence-corrected chi connectivity index (χ2v) is 4.66. The first-order valence-electron chi connectivity index (χ1n) is 4.96. The quantitative estimate of drug-likeness (QED) is 0.844. The van der Waals surface area contributed by atoms with Crippen LogP contribution in [0, 0.1) is 0 Å². The highest BCUT2D eigenvalue weighted by Gasteiger charge is 2.32. The third kappa shape index (κ3) is 3.12. The highest BCUT2D eigenvalue weighted by molar-refractivity contribution is 8.14. The van der Waals surface area contributed by atoms with Crippen molar-refractivity contribution >= 4 is 22.6 Å². The minimum absolute atomic E-state index is 0.241. The Kier molecular flexibility index (Phi) is 3.28. The summed E-state index contributed by atoms with van der Waals surface area (Å²) >= 11 is 1.54. The van der Waals surface area contributed by atoms with E-state index in [0.717, 1.165) is 23.2 Å². The van der Waals surface area contributed by atoms with E-state index in [-0.39, 0.29) is 6.04 Å². The van der Waals surface area contributed by atoms with E-state index in [1.165, 1.54) is 6.07 Å². The van der Waals surface area contributed by atoms with Crippen molar-refractivity contribution in [1.29, 1.82) is 0 Å². The van der Waals surface area contributed by atoms with E-state index < -0.39 is 11.9 Å². The number of alkyl halides is 3. The number of halogens is 3. The Hall–Kier alpha value is -1.24. The maximum Gasteiger partial charge on any atom is 0.433 e. The molecule has 0 aliphatic carbocycles. The van der Waals surface area contributed by atoms with Gasteiger partial charge in [0, 0.05) is 5.75 Å². The topological polar surface area (TPSA) is 37.3 Å². The number of nitrogens with zero attached hydrogens (tertiary/aromatic N) is 2. The molecule has 1 N–H and O–H groups in total. The van der Waals surface area contributed by atoms with E-state index in [1.54, 1.807) is 11.8 Å². The fourth-order valence-corrected chi connectivity index (χ4v) is 2.22. The number of hydrogen-bond acceptors (Lipinski definition) is 4. The van der Waals surface area contributed by atoms with E-state index in [2.05, 4.69) is 15.3 Å². The lowest BCUT2D eigenvalue weighted by molar-refractivity contribution is -0.141. The van der Waals surface area contributed by atoms with Gasteiger partial charge in [0.15, 0.2) is 5.17 Å². The van der Waals surface area contributed by atoms with E-state index in [1.807, 2.05) is 6.92 Å². The lowest BCUT2D eigenvalue weighted by atomic mass is 10.3. The van der Waals surface area contributed by atoms with E-state index >= 15 is 0 Å². The number of amidine groups is 1. The van der Waals surface area contributed by atoms with Crippen molar-refractivity contribution in [2.75, 3.05) is 11.1 Å². The molecule has 0 fully saturated rings. The molecule has 1 aliphatic rings. The normalized spacial score (nSPS) is 20.2. The Labute approximate surface area is 101 Å². The second kappa shape index (κ2) is 4.56. The summed E-state index contributed by atoms with van der Waals surface area (Å²) in [6.45, 7) is 1.98. The standard InChI is InChI=1S/C10H10F3N3S/c1-6-5-17-9(15-6)16-7-2-3-8(14-4-7)10(11,12)13/h2-4,6H,5H2,1H3,(H,15,16).